The number of hydrogen-bond donors (Lipinski definition) is 2. The topological polar surface area (TPSA) is 53.1 Å². The highest BCUT2D eigenvalue weighted by atomic mass is 16.4. The van der Waals surface area contributed by atoms with Gasteiger partial charge in [-0.2, -0.15) is 0 Å². The minimum Gasteiger partial charge on any atom is -0.478 e. The van der Waals surface area contributed by atoms with Gasteiger partial charge < -0.3 is 10.1 Å². The van der Waals surface area contributed by atoms with Crippen LogP contribution >= 0.6 is 0 Å². The van der Waals surface area contributed by atoms with Crippen LogP contribution < -0.4 is 0 Å². The van der Waals surface area contributed by atoms with Gasteiger partial charge in [-0.25, -0.2) is 4.79 Å². The standard InChI is InChI=1S/C18H15NO2/c20-18(21)13-8-4-11(5-9-13)14-2-1-3-16-15(14)10-17(19-16)12-6-7-12/h1-5,8-10,12,19H,6-7H2,(H,20,21). The van der Waals surface area contributed by atoms with Crippen LogP contribution in [0.15, 0.2) is 48.5 Å². The zero-order valence-corrected chi connectivity index (χ0v) is 11.5. The van der Waals surface area contributed by atoms with Crippen molar-refractivity contribution in [2.24, 2.45) is 0 Å². The maximum absolute atomic E-state index is 10.9. The summed E-state index contributed by atoms with van der Waals surface area (Å²) in [5.41, 5.74) is 4.98. The van der Waals surface area contributed by atoms with Gasteiger partial charge in [0.05, 0.1) is 5.56 Å². The molecule has 0 amide bonds. The Balaban J connectivity index is 1.83. The lowest BCUT2D eigenvalue weighted by Crippen LogP contribution is -1.94. The zero-order chi connectivity index (χ0) is 14.4. The predicted molar refractivity (Wildman–Crippen MR) is 82.7 cm³/mol. The van der Waals surface area contributed by atoms with Crippen LogP contribution in [0.4, 0.5) is 0 Å². The highest BCUT2D eigenvalue weighted by Gasteiger charge is 2.25. The number of aromatic amines is 1. The minimum absolute atomic E-state index is 0.318. The van der Waals surface area contributed by atoms with Crippen LogP contribution in [0.5, 0.6) is 0 Å². The lowest BCUT2D eigenvalue weighted by Gasteiger charge is -2.04. The maximum Gasteiger partial charge on any atom is 0.335 e. The third kappa shape index (κ3) is 2.11. The first-order chi connectivity index (χ1) is 10.2. The quantitative estimate of drug-likeness (QED) is 0.745. The summed E-state index contributed by atoms with van der Waals surface area (Å²) in [6, 6.07) is 15.5. The van der Waals surface area contributed by atoms with Gasteiger partial charge in [-0.3, -0.25) is 0 Å². The second-order valence-corrected chi connectivity index (χ2v) is 5.65. The van der Waals surface area contributed by atoms with Gasteiger partial charge in [0.1, 0.15) is 0 Å². The summed E-state index contributed by atoms with van der Waals surface area (Å²) in [6.07, 6.45) is 2.55. The largest absolute Gasteiger partial charge is 0.478 e. The fourth-order valence-electron chi connectivity index (χ4n) is 2.84. The highest BCUT2D eigenvalue weighted by molar-refractivity contribution is 5.96. The lowest BCUT2D eigenvalue weighted by atomic mass is 10.0. The van der Waals surface area contributed by atoms with E-state index in [1.807, 2.05) is 18.2 Å². The number of H-pyrrole nitrogens is 1. The zero-order valence-electron chi connectivity index (χ0n) is 11.5. The van der Waals surface area contributed by atoms with E-state index in [2.05, 4.69) is 23.2 Å². The number of fused-ring (bicyclic) bond motifs is 1. The normalized spacial score (nSPS) is 14.5. The van der Waals surface area contributed by atoms with Crippen molar-refractivity contribution in [2.45, 2.75) is 18.8 Å². The van der Waals surface area contributed by atoms with Crippen LogP contribution in [-0.4, -0.2) is 16.1 Å². The Morgan fingerprint density at radius 3 is 2.52 bits per heavy atom. The van der Waals surface area contributed by atoms with E-state index in [1.54, 1.807) is 12.1 Å². The summed E-state index contributed by atoms with van der Waals surface area (Å²) < 4.78 is 0. The van der Waals surface area contributed by atoms with Crippen LogP contribution in [0.3, 0.4) is 0 Å². The Hall–Kier alpha value is -2.55. The van der Waals surface area contributed by atoms with Crippen molar-refractivity contribution in [3.05, 3.63) is 59.8 Å². The van der Waals surface area contributed by atoms with Crippen molar-refractivity contribution in [1.29, 1.82) is 0 Å². The first-order valence-electron chi connectivity index (χ1n) is 7.18. The van der Waals surface area contributed by atoms with E-state index in [0.717, 1.165) is 16.6 Å². The average Bonchev–Trinajstić information content (AvgIpc) is 3.26. The molecule has 1 aliphatic carbocycles. The molecule has 3 nitrogen and oxygen atoms in total. The van der Waals surface area contributed by atoms with Crippen molar-refractivity contribution in [1.82, 2.24) is 4.98 Å². The second kappa shape index (κ2) is 4.48. The first-order valence-corrected chi connectivity index (χ1v) is 7.18. The van der Waals surface area contributed by atoms with Crippen molar-refractivity contribution < 1.29 is 9.90 Å². The second-order valence-electron chi connectivity index (χ2n) is 5.65. The monoisotopic (exact) mass is 277 g/mol. The molecule has 2 aromatic carbocycles. The molecule has 21 heavy (non-hydrogen) atoms. The van der Waals surface area contributed by atoms with Crippen LogP contribution in [0.25, 0.3) is 22.0 Å². The summed E-state index contributed by atoms with van der Waals surface area (Å²) in [4.78, 5) is 14.4. The van der Waals surface area contributed by atoms with Gasteiger partial charge in [0, 0.05) is 16.6 Å². The molecule has 0 radical (unpaired) electrons. The Morgan fingerprint density at radius 2 is 1.86 bits per heavy atom. The number of rotatable bonds is 3. The lowest BCUT2D eigenvalue weighted by molar-refractivity contribution is 0.0697. The van der Waals surface area contributed by atoms with Crippen LogP contribution in [0.1, 0.15) is 34.8 Å². The maximum atomic E-state index is 10.9. The molecule has 0 saturated heterocycles. The molecule has 2 N–H and O–H groups in total. The summed E-state index contributed by atoms with van der Waals surface area (Å²) in [6.45, 7) is 0. The third-order valence-corrected chi connectivity index (χ3v) is 4.15. The summed E-state index contributed by atoms with van der Waals surface area (Å²) >= 11 is 0. The van der Waals surface area contributed by atoms with E-state index in [9.17, 15) is 4.79 Å². The van der Waals surface area contributed by atoms with Crippen molar-refractivity contribution in [2.75, 3.05) is 0 Å². The van der Waals surface area contributed by atoms with Crippen LogP contribution in [0, 0.1) is 0 Å². The average molecular weight is 277 g/mol. The van der Waals surface area contributed by atoms with E-state index in [4.69, 9.17) is 5.11 Å². The number of aromatic nitrogens is 1. The molecule has 3 aromatic rings. The number of carboxylic acid groups (broad SMARTS) is 1. The Bertz CT molecular complexity index is 826. The molecule has 3 heteroatoms. The molecule has 1 aromatic heterocycles. The fraction of sp³-hybridized carbons (Fsp3) is 0.167. The predicted octanol–water partition coefficient (Wildman–Crippen LogP) is 4.41. The molecule has 104 valence electrons. The van der Waals surface area contributed by atoms with E-state index < -0.39 is 5.97 Å². The Kier molecular flexibility index (Phi) is 2.61. The minimum atomic E-state index is -0.891. The van der Waals surface area contributed by atoms with E-state index >= 15 is 0 Å². The third-order valence-electron chi connectivity index (χ3n) is 4.15. The molecular formula is C18H15NO2. The van der Waals surface area contributed by atoms with Gasteiger partial charge in [0.2, 0.25) is 0 Å². The van der Waals surface area contributed by atoms with E-state index in [1.165, 1.54) is 23.9 Å². The van der Waals surface area contributed by atoms with Gasteiger partial charge in [-0.1, -0.05) is 24.3 Å². The molecule has 0 spiro atoms. The summed E-state index contributed by atoms with van der Waals surface area (Å²) in [5.74, 6) is -0.197. The first kappa shape index (κ1) is 12.2. The molecule has 1 saturated carbocycles. The van der Waals surface area contributed by atoms with E-state index in [0.29, 0.717) is 11.5 Å². The number of carboxylic acids is 1. The van der Waals surface area contributed by atoms with Crippen LogP contribution in [-0.2, 0) is 0 Å². The number of nitrogens with one attached hydrogen (secondary N) is 1. The molecule has 0 unspecified atom stereocenters. The van der Waals surface area contributed by atoms with Crippen molar-refractivity contribution in [3.63, 3.8) is 0 Å². The summed E-state index contributed by atoms with van der Waals surface area (Å²) in [7, 11) is 0. The van der Waals surface area contributed by atoms with Gasteiger partial charge in [0.25, 0.3) is 0 Å². The molecule has 4 rings (SSSR count). The Labute approximate surface area is 122 Å². The van der Waals surface area contributed by atoms with Crippen molar-refractivity contribution in [3.8, 4) is 11.1 Å². The number of carbonyl (C=O) groups is 1. The van der Waals surface area contributed by atoms with Crippen LogP contribution in [0.2, 0.25) is 0 Å². The number of benzene rings is 2. The van der Waals surface area contributed by atoms with Gasteiger partial charge in [-0.05, 0) is 54.2 Å². The summed E-state index contributed by atoms with van der Waals surface area (Å²) in [5, 5.41) is 10.2. The molecule has 0 aliphatic heterocycles. The Morgan fingerprint density at radius 1 is 1.10 bits per heavy atom. The molecule has 1 aliphatic rings. The van der Waals surface area contributed by atoms with E-state index in [-0.39, 0.29) is 0 Å². The van der Waals surface area contributed by atoms with Gasteiger partial charge in [0.15, 0.2) is 0 Å². The smallest absolute Gasteiger partial charge is 0.335 e. The fourth-order valence-corrected chi connectivity index (χ4v) is 2.84. The SMILES string of the molecule is O=C(O)c1ccc(-c2cccc3[nH]c(C4CC4)cc23)cc1. The molecule has 1 heterocycles. The molecular weight excluding hydrogens is 262 g/mol. The number of aromatic carboxylic acids is 1. The molecule has 0 bridgehead atoms. The highest BCUT2D eigenvalue weighted by Crippen LogP contribution is 2.41. The van der Waals surface area contributed by atoms with Gasteiger partial charge in [-0.15, -0.1) is 0 Å². The number of hydrogen-bond acceptors (Lipinski definition) is 1. The van der Waals surface area contributed by atoms with Crippen molar-refractivity contribution >= 4 is 16.9 Å². The molecule has 1 fully saturated rings. The molecule has 0 atom stereocenters. The van der Waals surface area contributed by atoms with Gasteiger partial charge >= 0.3 is 5.97 Å².